The van der Waals surface area contributed by atoms with Gasteiger partial charge in [0.15, 0.2) is 0 Å². The highest BCUT2D eigenvalue weighted by Crippen LogP contribution is 2.26. The molecule has 0 spiro atoms. The van der Waals surface area contributed by atoms with Gasteiger partial charge in [0.25, 0.3) is 0 Å². The van der Waals surface area contributed by atoms with E-state index in [1.165, 1.54) is 18.6 Å². The average molecular weight is 253 g/mol. The third-order valence-corrected chi connectivity index (χ3v) is 2.81. The molecule has 1 aromatic heterocycles. The van der Waals surface area contributed by atoms with Gasteiger partial charge < -0.3 is 0 Å². The van der Waals surface area contributed by atoms with Crippen molar-refractivity contribution in [3.8, 4) is 0 Å². The van der Waals surface area contributed by atoms with E-state index in [-0.39, 0.29) is 16.5 Å². The minimum Gasteiger partial charge on any atom is -0.287 e. The fourth-order valence-corrected chi connectivity index (χ4v) is 1.62. The van der Waals surface area contributed by atoms with Crippen LogP contribution in [-0.2, 0) is 0 Å². The summed E-state index contributed by atoms with van der Waals surface area (Å²) in [7, 11) is 0. The van der Waals surface area contributed by atoms with E-state index in [0.29, 0.717) is 10.6 Å². The number of halogens is 2. The fraction of sp³-hybridized carbons (Fsp3) is 0. The van der Waals surface area contributed by atoms with Gasteiger partial charge in [-0.05, 0) is 12.1 Å². The van der Waals surface area contributed by atoms with Crippen LogP contribution in [0.5, 0.6) is 0 Å². The molecule has 2 rings (SSSR count). The molecule has 5 heteroatoms. The molecule has 0 bridgehead atoms. The van der Waals surface area contributed by atoms with Gasteiger partial charge in [-0.2, -0.15) is 0 Å². The number of hydrogen-bond acceptors (Lipinski definition) is 3. The molecule has 0 N–H and O–H groups in total. The van der Waals surface area contributed by atoms with Crippen molar-refractivity contribution >= 4 is 29.0 Å². The summed E-state index contributed by atoms with van der Waals surface area (Å²) in [5.74, 6) is -0.291. The summed E-state index contributed by atoms with van der Waals surface area (Å²) in [6, 6.07) is 4.89. The zero-order valence-corrected chi connectivity index (χ0v) is 9.53. The molecule has 1 aromatic carbocycles. The molecular weight excluding hydrogens is 247 g/mol. The van der Waals surface area contributed by atoms with Gasteiger partial charge in [-0.1, -0.05) is 29.3 Å². The van der Waals surface area contributed by atoms with Crippen LogP contribution < -0.4 is 0 Å². The minimum atomic E-state index is -0.291. The molecule has 0 saturated carbocycles. The summed E-state index contributed by atoms with van der Waals surface area (Å²) in [5, 5.41) is 0.580. The average Bonchev–Trinajstić information content (AvgIpc) is 2.33. The molecule has 80 valence electrons. The van der Waals surface area contributed by atoms with Crippen LogP contribution in [0.2, 0.25) is 10.0 Å². The Morgan fingerprint density at radius 2 is 2.00 bits per heavy atom. The molecule has 0 saturated heterocycles. The van der Waals surface area contributed by atoms with Crippen molar-refractivity contribution in [3.05, 3.63) is 58.1 Å². The predicted molar refractivity (Wildman–Crippen MR) is 61.9 cm³/mol. The van der Waals surface area contributed by atoms with Crippen LogP contribution in [0.15, 0.2) is 36.8 Å². The summed E-state index contributed by atoms with van der Waals surface area (Å²) in [4.78, 5) is 19.7. The third-order valence-electron chi connectivity index (χ3n) is 1.99. The quantitative estimate of drug-likeness (QED) is 0.772. The lowest BCUT2D eigenvalue weighted by Crippen LogP contribution is -2.05. The van der Waals surface area contributed by atoms with Crippen molar-refractivity contribution in [3.63, 3.8) is 0 Å². The normalized spacial score (nSPS) is 10.1. The molecule has 0 unspecified atom stereocenters. The number of benzene rings is 1. The Labute approximate surface area is 102 Å². The first-order valence-corrected chi connectivity index (χ1v) is 5.20. The Morgan fingerprint density at radius 1 is 1.19 bits per heavy atom. The second kappa shape index (κ2) is 4.60. The van der Waals surface area contributed by atoms with Crippen molar-refractivity contribution in [1.29, 1.82) is 0 Å². The molecule has 0 radical (unpaired) electrons. The summed E-state index contributed by atoms with van der Waals surface area (Å²) in [6.45, 7) is 0. The van der Waals surface area contributed by atoms with Crippen LogP contribution in [0.4, 0.5) is 0 Å². The van der Waals surface area contributed by atoms with E-state index in [0.717, 1.165) is 0 Å². The molecular formula is C11H6Cl2N2O. The van der Waals surface area contributed by atoms with Crippen LogP contribution in [-0.4, -0.2) is 15.8 Å². The number of rotatable bonds is 2. The molecule has 0 amide bonds. The third kappa shape index (κ3) is 2.05. The Bertz CT molecular complexity index is 529. The van der Waals surface area contributed by atoms with Gasteiger partial charge in [0.2, 0.25) is 5.78 Å². The number of carbonyl (C=O) groups is 1. The maximum atomic E-state index is 12.0. The van der Waals surface area contributed by atoms with Gasteiger partial charge >= 0.3 is 0 Å². The lowest BCUT2D eigenvalue weighted by Gasteiger charge is -2.03. The Morgan fingerprint density at radius 3 is 2.69 bits per heavy atom. The first-order valence-electron chi connectivity index (χ1n) is 4.45. The second-order valence-electron chi connectivity index (χ2n) is 3.02. The van der Waals surface area contributed by atoms with E-state index in [9.17, 15) is 4.79 Å². The Balaban J connectivity index is 2.46. The summed E-state index contributed by atoms with van der Waals surface area (Å²) in [5.41, 5.74) is 0.571. The summed E-state index contributed by atoms with van der Waals surface area (Å²) in [6.07, 6.45) is 4.33. The molecule has 0 atom stereocenters. The van der Waals surface area contributed by atoms with E-state index in [1.807, 2.05) is 0 Å². The number of ketones is 1. The highest BCUT2D eigenvalue weighted by atomic mass is 35.5. The molecule has 0 aliphatic heterocycles. The van der Waals surface area contributed by atoms with Crippen LogP contribution >= 0.6 is 23.2 Å². The molecule has 0 aliphatic rings. The Kier molecular flexibility index (Phi) is 3.17. The van der Waals surface area contributed by atoms with Crippen molar-refractivity contribution in [1.82, 2.24) is 9.97 Å². The van der Waals surface area contributed by atoms with Gasteiger partial charge in [0.05, 0.1) is 16.2 Å². The largest absolute Gasteiger partial charge is 0.287 e. The standard InChI is InChI=1S/C11H6Cl2N2O/c12-8-3-1-2-7(10(8)13)11(16)9-6-14-4-5-15-9/h1-6H. The van der Waals surface area contributed by atoms with Crippen molar-refractivity contribution in [2.45, 2.75) is 0 Å². The molecule has 16 heavy (non-hydrogen) atoms. The maximum Gasteiger partial charge on any atom is 0.214 e. The second-order valence-corrected chi connectivity index (χ2v) is 3.81. The topological polar surface area (TPSA) is 42.9 Å². The smallest absolute Gasteiger partial charge is 0.214 e. The van der Waals surface area contributed by atoms with E-state index >= 15 is 0 Å². The molecule has 2 aromatic rings. The highest BCUT2D eigenvalue weighted by Gasteiger charge is 2.15. The van der Waals surface area contributed by atoms with Gasteiger partial charge in [-0.15, -0.1) is 0 Å². The minimum absolute atomic E-state index is 0.236. The van der Waals surface area contributed by atoms with Gasteiger partial charge in [-0.3, -0.25) is 9.78 Å². The zero-order chi connectivity index (χ0) is 11.5. The van der Waals surface area contributed by atoms with Gasteiger partial charge in [0.1, 0.15) is 5.69 Å². The number of nitrogens with zero attached hydrogens (tertiary/aromatic N) is 2. The van der Waals surface area contributed by atoms with E-state index in [4.69, 9.17) is 23.2 Å². The summed E-state index contributed by atoms with van der Waals surface area (Å²) < 4.78 is 0. The highest BCUT2D eigenvalue weighted by molar-refractivity contribution is 6.44. The SMILES string of the molecule is O=C(c1cnccn1)c1cccc(Cl)c1Cl. The lowest BCUT2D eigenvalue weighted by atomic mass is 10.1. The van der Waals surface area contributed by atoms with Crippen LogP contribution in [0.1, 0.15) is 16.1 Å². The summed E-state index contributed by atoms with van der Waals surface area (Å²) >= 11 is 11.8. The lowest BCUT2D eigenvalue weighted by molar-refractivity contribution is 0.103. The Hall–Kier alpha value is -1.45. The van der Waals surface area contributed by atoms with Crippen LogP contribution in [0.3, 0.4) is 0 Å². The van der Waals surface area contributed by atoms with Crippen molar-refractivity contribution in [2.24, 2.45) is 0 Å². The molecule has 3 nitrogen and oxygen atoms in total. The van der Waals surface area contributed by atoms with E-state index < -0.39 is 0 Å². The van der Waals surface area contributed by atoms with Crippen LogP contribution in [0.25, 0.3) is 0 Å². The molecule has 0 aliphatic carbocycles. The zero-order valence-electron chi connectivity index (χ0n) is 8.02. The number of carbonyl (C=O) groups excluding carboxylic acids is 1. The maximum absolute atomic E-state index is 12.0. The predicted octanol–water partition coefficient (Wildman–Crippen LogP) is 3.01. The van der Waals surface area contributed by atoms with Gasteiger partial charge in [0, 0.05) is 18.0 Å². The van der Waals surface area contributed by atoms with Gasteiger partial charge in [-0.25, -0.2) is 4.98 Å². The van der Waals surface area contributed by atoms with E-state index in [1.54, 1.807) is 18.2 Å². The molecule has 0 fully saturated rings. The number of aromatic nitrogens is 2. The first-order chi connectivity index (χ1) is 7.70. The fourth-order valence-electron chi connectivity index (χ4n) is 1.23. The monoisotopic (exact) mass is 252 g/mol. The molecule has 1 heterocycles. The van der Waals surface area contributed by atoms with Crippen LogP contribution in [0, 0.1) is 0 Å². The van der Waals surface area contributed by atoms with Crippen molar-refractivity contribution < 1.29 is 4.79 Å². The number of hydrogen-bond donors (Lipinski definition) is 0. The first kappa shape index (κ1) is 11.0. The van der Waals surface area contributed by atoms with E-state index in [2.05, 4.69) is 9.97 Å². The van der Waals surface area contributed by atoms with Crippen molar-refractivity contribution in [2.75, 3.05) is 0 Å².